The maximum Gasteiger partial charge on any atom is 0.265 e. The van der Waals surface area contributed by atoms with Crippen LogP contribution in [0.2, 0.25) is 0 Å². The fourth-order valence-electron chi connectivity index (χ4n) is 2.70. The lowest BCUT2D eigenvalue weighted by molar-refractivity contribution is 0.0733. The average Bonchev–Trinajstić information content (AvgIpc) is 2.68. The molecule has 0 bridgehead atoms. The van der Waals surface area contributed by atoms with E-state index in [-0.39, 0.29) is 41.4 Å². The average molecular weight is 507 g/mol. The summed E-state index contributed by atoms with van der Waals surface area (Å²) in [6, 6.07) is 10.5. The predicted octanol–water partition coefficient (Wildman–Crippen LogP) is 1.83. The molecule has 178 valence electrons. The van der Waals surface area contributed by atoms with E-state index in [0.29, 0.717) is 17.9 Å². The van der Waals surface area contributed by atoms with Crippen LogP contribution in [0.25, 0.3) is 0 Å². The van der Waals surface area contributed by atoms with Crippen LogP contribution in [0.5, 0.6) is 5.75 Å². The van der Waals surface area contributed by atoms with Gasteiger partial charge in [0.1, 0.15) is 10.6 Å². The van der Waals surface area contributed by atoms with Gasteiger partial charge >= 0.3 is 0 Å². The highest BCUT2D eigenvalue weighted by Crippen LogP contribution is 2.30. The summed E-state index contributed by atoms with van der Waals surface area (Å²) in [6.07, 6.45) is 1.47. The number of sulfone groups is 1. The molecule has 0 aliphatic heterocycles. The zero-order valence-corrected chi connectivity index (χ0v) is 20.3. The van der Waals surface area contributed by atoms with Gasteiger partial charge in [-0.15, -0.1) is 12.4 Å². The Hall–Kier alpha value is -2.54. The van der Waals surface area contributed by atoms with E-state index in [4.69, 9.17) is 20.7 Å². The highest BCUT2D eigenvalue weighted by Gasteiger charge is 2.28. The second-order valence-electron chi connectivity index (χ2n) is 6.76. The third-order valence-corrected chi connectivity index (χ3v) is 7.26. The molecule has 0 heterocycles. The number of anilines is 1. The highest BCUT2D eigenvalue weighted by atomic mass is 35.5. The number of rotatable bonds is 10. The van der Waals surface area contributed by atoms with Crippen molar-refractivity contribution in [3.05, 3.63) is 48.0 Å². The summed E-state index contributed by atoms with van der Waals surface area (Å²) in [7, 11) is -6.53. The van der Waals surface area contributed by atoms with E-state index in [1.807, 2.05) is 0 Å². The number of aryl methyl sites for hydroxylation is 1. The molecule has 0 aliphatic carbocycles. The normalized spacial score (nSPS) is 11.3. The zero-order valence-electron chi connectivity index (χ0n) is 17.9. The number of hydroxylamine groups is 1. The number of hydrogen-bond acceptors (Lipinski definition) is 7. The molecular weight excluding hydrogens is 480 g/mol. The van der Waals surface area contributed by atoms with E-state index in [0.717, 1.165) is 16.1 Å². The molecule has 0 unspecified atom stereocenters. The Labute approximate surface area is 194 Å². The number of hydrogen-bond donors (Lipinski definition) is 3. The van der Waals surface area contributed by atoms with Crippen molar-refractivity contribution in [2.75, 3.05) is 30.8 Å². The van der Waals surface area contributed by atoms with E-state index in [1.165, 1.54) is 31.3 Å². The summed E-state index contributed by atoms with van der Waals surface area (Å²) in [4.78, 5) is 4.38. The van der Waals surface area contributed by atoms with Crippen molar-refractivity contribution >= 4 is 43.9 Å². The molecule has 0 amide bonds. The van der Waals surface area contributed by atoms with Crippen LogP contribution >= 0.6 is 12.4 Å². The van der Waals surface area contributed by atoms with Gasteiger partial charge in [-0.3, -0.25) is 14.6 Å². The minimum Gasteiger partial charge on any atom is -0.493 e. The van der Waals surface area contributed by atoms with Crippen LogP contribution in [0.1, 0.15) is 12.0 Å². The van der Waals surface area contributed by atoms with Crippen molar-refractivity contribution in [1.29, 1.82) is 5.41 Å². The fourth-order valence-corrected chi connectivity index (χ4v) is 5.48. The lowest BCUT2D eigenvalue weighted by Crippen LogP contribution is -2.30. The third kappa shape index (κ3) is 7.26. The van der Waals surface area contributed by atoms with Crippen molar-refractivity contribution < 1.29 is 26.4 Å². The van der Waals surface area contributed by atoms with Gasteiger partial charge in [0, 0.05) is 25.8 Å². The number of benzene rings is 2. The molecule has 13 heteroatoms. The predicted molar refractivity (Wildman–Crippen MR) is 125 cm³/mol. The molecule has 10 nitrogen and oxygen atoms in total. The molecule has 2 aromatic rings. The number of nitrogens with zero attached hydrogens (tertiary/aromatic N) is 1. The Kier molecular flexibility index (Phi) is 9.76. The maximum atomic E-state index is 13.2. The topological polar surface area (TPSA) is 152 Å². The molecule has 0 aliphatic rings. The summed E-state index contributed by atoms with van der Waals surface area (Å²) in [5.41, 5.74) is 8.40. The molecule has 0 aromatic heterocycles. The first-order chi connectivity index (χ1) is 14.4. The van der Waals surface area contributed by atoms with Gasteiger partial charge in [0.25, 0.3) is 10.0 Å². The fraction of sp³-hybridized carbons (Fsp3) is 0.316. The van der Waals surface area contributed by atoms with Gasteiger partial charge in [-0.1, -0.05) is 12.1 Å². The molecular formula is C19H27ClN4O6S2. The number of halogens is 1. The van der Waals surface area contributed by atoms with Crippen molar-refractivity contribution in [2.45, 2.75) is 23.1 Å². The largest absolute Gasteiger partial charge is 0.493 e. The number of nitrogens with one attached hydrogen (secondary N) is 2. The van der Waals surface area contributed by atoms with E-state index in [2.05, 4.69) is 5.48 Å². The Morgan fingerprint density at radius 1 is 1.09 bits per heavy atom. The summed E-state index contributed by atoms with van der Waals surface area (Å²) < 4.78 is 57.2. The van der Waals surface area contributed by atoms with Crippen LogP contribution in [0.15, 0.2) is 52.3 Å². The minimum atomic E-state index is -4.14. The SMILES string of the molecule is Cc1cc(OCCCONC(=N)N)cc(N(C)S(=O)(=O)c2ccccc2S(C)(=O)=O)c1.Cl. The molecule has 0 fully saturated rings. The van der Waals surface area contributed by atoms with Crippen LogP contribution in [0.4, 0.5) is 5.69 Å². The van der Waals surface area contributed by atoms with E-state index >= 15 is 0 Å². The second-order valence-corrected chi connectivity index (χ2v) is 10.7. The monoisotopic (exact) mass is 506 g/mol. The van der Waals surface area contributed by atoms with Crippen LogP contribution < -0.4 is 20.3 Å². The lowest BCUT2D eigenvalue weighted by Gasteiger charge is -2.22. The van der Waals surface area contributed by atoms with Gasteiger partial charge in [0.15, 0.2) is 9.84 Å². The minimum absolute atomic E-state index is 0. The highest BCUT2D eigenvalue weighted by molar-refractivity contribution is 7.95. The first-order valence-corrected chi connectivity index (χ1v) is 12.5. The lowest BCUT2D eigenvalue weighted by atomic mass is 10.2. The van der Waals surface area contributed by atoms with Gasteiger partial charge in [0.05, 0.1) is 23.8 Å². The molecule has 2 rings (SSSR count). The quantitative estimate of drug-likeness (QED) is 0.191. The molecule has 32 heavy (non-hydrogen) atoms. The Morgan fingerprint density at radius 3 is 2.31 bits per heavy atom. The van der Waals surface area contributed by atoms with Crippen molar-refractivity contribution in [2.24, 2.45) is 5.73 Å². The van der Waals surface area contributed by atoms with Crippen LogP contribution in [-0.4, -0.2) is 49.3 Å². The molecule has 0 saturated carbocycles. The van der Waals surface area contributed by atoms with E-state index in [1.54, 1.807) is 25.1 Å². The first kappa shape index (κ1) is 27.5. The Bertz CT molecular complexity index is 1160. The Morgan fingerprint density at radius 2 is 1.72 bits per heavy atom. The number of guanidine groups is 1. The van der Waals surface area contributed by atoms with Crippen LogP contribution in [-0.2, 0) is 24.7 Å². The van der Waals surface area contributed by atoms with Gasteiger partial charge < -0.3 is 10.5 Å². The molecule has 2 aromatic carbocycles. The maximum absolute atomic E-state index is 13.2. The van der Waals surface area contributed by atoms with Crippen molar-refractivity contribution in [3.63, 3.8) is 0 Å². The first-order valence-electron chi connectivity index (χ1n) is 9.17. The van der Waals surface area contributed by atoms with Crippen LogP contribution in [0.3, 0.4) is 0 Å². The molecule has 0 atom stereocenters. The summed E-state index contributed by atoms with van der Waals surface area (Å²) in [5, 5.41) is 6.98. The van der Waals surface area contributed by atoms with Gasteiger partial charge in [-0.25, -0.2) is 22.3 Å². The smallest absolute Gasteiger partial charge is 0.265 e. The summed E-state index contributed by atoms with van der Waals surface area (Å²) >= 11 is 0. The second kappa shape index (κ2) is 11.4. The summed E-state index contributed by atoms with van der Waals surface area (Å²) in [6.45, 7) is 2.34. The van der Waals surface area contributed by atoms with Gasteiger partial charge in [-0.05, 0) is 36.8 Å². The van der Waals surface area contributed by atoms with E-state index < -0.39 is 19.9 Å². The number of ether oxygens (including phenoxy) is 1. The Balaban J connectivity index is 0.00000512. The molecule has 4 N–H and O–H groups in total. The molecule has 0 saturated heterocycles. The third-order valence-electron chi connectivity index (χ3n) is 4.13. The number of sulfonamides is 1. The van der Waals surface area contributed by atoms with Crippen LogP contribution in [0, 0.1) is 12.3 Å². The number of nitrogens with two attached hydrogens (primary N) is 1. The van der Waals surface area contributed by atoms with E-state index in [9.17, 15) is 16.8 Å². The van der Waals surface area contributed by atoms with Crippen molar-refractivity contribution in [1.82, 2.24) is 5.48 Å². The molecule has 0 spiro atoms. The zero-order chi connectivity index (χ0) is 23.2. The van der Waals surface area contributed by atoms with Gasteiger partial charge in [-0.2, -0.15) is 0 Å². The summed E-state index contributed by atoms with van der Waals surface area (Å²) in [5.74, 6) is 0.152. The standard InChI is InChI=1S/C19H26N4O6S2.ClH/c1-14-11-15(13-16(12-14)28-9-6-10-29-22-19(20)21)23(2)31(26,27)18-8-5-4-7-17(18)30(3,24)25;/h4-5,7-8,11-13H,6,9-10H2,1-3H3,(H4,20,21,22);1H. The van der Waals surface area contributed by atoms with Gasteiger partial charge in [0.2, 0.25) is 5.96 Å². The van der Waals surface area contributed by atoms with Crippen molar-refractivity contribution in [3.8, 4) is 5.75 Å². The molecule has 0 radical (unpaired) electrons.